The zero-order chi connectivity index (χ0) is 19.2. The summed E-state index contributed by atoms with van der Waals surface area (Å²) in [6.45, 7) is 1.96. The van der Waals surface area contributed by atoms with Crippen LogP contribution in [-0.4, -0.2) is 30.1 Å². The van der Waals surface area contributed by atoms with Crippen LogP contribution >= 0.6 is 0 Å². The number of hydrogen-bond donors (Lipinski definition) is 2. The van der Waals surface area contributed by atoms with Gasteiger partial charge in [-0.25, -0.2) is 9.97 Å². The second kappa shape index (κ2) is 8.18. The van der Waals surface area contributed by atoms with E-state index < -0.39 is 0 Å². The van der Waals surface area contributed by atoms with Crippen LogP contribution in [0.1, 0.15) is 16.1 Å². The van der Waals surface area contributed by atoms with Crippen LogP contribution in [0.15, 0.2) is 54.9 Å². The van der Waals surface area contributed by atoms with E-state index in [9.17, 15) is 4.79 Å². The van der Waals surface area contributed by atoms with Gasteiger partial charge in [-0.15, -0.1) is 0 Å². The molecule has 0 saturated carbocycles. The van der Waals surface area contributed by atoms with E-state index in [2.05, 4.69) is 20.6 Å². The van der Waals surface area contributed by atoms with Crippen molar-refractivity contribution < 1.29 is 14.3 Å². The number of amides is 1. The van der Waals surface area contributed by atoms with Gasteiger partial charge in [-0.3, -0.25) is 4.79 Å². The molecule has 0 fully saturated rings. The number of anilines is 3. The summed E-state index contributed by atoms with van der Waals surface area (Å²) in [4.78, 5) is 20.7. The standard InChI is InChI=1S/C20H20N4O3/c1-13-5-4-6-14(9-13)24-20(25)16-11-22-19(12-21-16)23-15-7-8-17(26-2)18(10-15)27-3/h4-12H,1-3H3,(H,22,23)(H,24,25). The number of carbonyl (C=O) groups is 1. The first-order valence-corrected chi connectivity index (χ1v) is 8.28. The maximum Gasteiger partial charge on any atom is 0.275 e. The van der Waals surface area contributed by atoms with Crippen LogP contribution in [0.2, 0.25) is 0 Å². The lowest BCUT2D eigenvalue weighted by Crippen LogP contribution is -2.14. The van der Waals surface area contributed by atoms with Crippen molar-refractivity contribution in [2.24, 2.45) is 0 Å². The van der Waals surface area contributed by atoms with Crippen LogP contribution in [0.3, 0.4) is 0 Å². The fourth-order valence-corrected chi connectivity index (χ4v) is 2.49. The zero-order valence-corrected chi connectivity index (χ0v) is 15.3. The highest BCUT2D eigenvalue weighted by Crippen LogP contribution is 2.30. The number of aromatic nitrogens is 2. The first-order valence-electron chi connectivity index (χ1n) is 8.28. The maximum atomic E-state index is 12.3. The highest BCUT2D eigenvalue weighted by Gasteiger charge is 2.10. The van der Waals surface area contributed by atoms with E-state index in [0.29, 0.717) is 23.0 Å². The summed E-state index contributed by atoms with van der Waals surface area (Å²) < 4.78 is 10.5. The smallest absolute Gasteiger partial charge is 0.275 e. The second-order valence-corrected chi connectivity index (χ2v) is 5.81. The number of ether oxygens (including phenoxy) is 2. The molecule has 1 amide bonds. The molecule has 0 unspecified atom stereocenters. The maximum absolute atomic E-state index is 12.3. The fourth-order valence-electron chi connectivity index (χ4n) is 2.49. The Morgan fingerprint density at radius 2 is 1.74 bits per heavy atom. The molecular weight excluding hydrogens is 344 g/mol. The SMILES string of the molecule is COc1ccc(Nc2cnc(C(=O)Nc3cccc(C)c3)cn2)cc1OC. The molecule has 2 N–H and O–H groups in total. The van der Waals surface area contributed by atoms with Gasteiger partial charge in [-0.1, -0.05) is 12.1 Å². The minimum atomic E-state index is -0.314. The molecule has 0 aliphatic rings. The molecule has 1 heterocycles. The predicted octanol–water partition coefficient (Wildman–Crippen LogP) is 3.80. The Kier molecular flexibility index (Phi) is 5.51. The number of nitrogens with zero attached hydrogens (tertiary/aromatic N) is 2. The second-order valence-electron chi connectivity index (χ2n) is 5.81. The molecule has 27 heavy (non-hydrogen) atoms. The van der Waals surface area contributed by atoms with Gasteiger partial charge >= 0.3 is 0 Å². The van der Waals surface area contributed by atoms with Crippen LogP contribution < -0.4 is 20.1 Å². The van der Waals surface area contributed by atoms with Crippen LogP contribution in [0.4, 0.5) is 17.2 Å². The molecule has 0 saturated heterocycles. The Morgan fingerprint density at radius 3 is 2.41 bits per heavy atom. The quantitative estimate of drug-likeness (QED) is 0.692. The monoisotopic (exact) mass is 364 g/mol. The molecule has 2 aromatic carbocycles. The van der Waals surface area contributed by atoms with Crippen molar-refractivity contribution >= 4 is 23.1 Å². The topological polar surface area (TPSA) is 85.4 Å². The van der Waals surface area contributed by atoms with Crippen molar-refractivity contribution in [3.63, 3.8) is 0 Å². The van der Waals surface area contributed by atoms with E-state index in [1.54, 1.807) is 26.4 Å². The largest absolute Gasteiger partial charge is 0.493 e. The molecule has 3 rings (SSSR count). The summed E-state index contributed by atoms with van der Waals surface area (Å²) in [6, 6.07) is 13.0. The van der Waals surface area contributed by atoms with Gasteiger partial charge in [-0.2, -0.15) is 0 Å². The third-order valence-electron chi connectivity index (χ3n) is 3.82. The van der Waals surface area contributed by atoms with E-state index in [0.717, 1.165) is 11.3 Å². The Balaban J connectivity index is 1.69. The van der Waals surface area contributed by atoms with Gasteiger partial charge in [-0.05, 0) is 36.8 Å². The molecule has 3 aromatic rings. The molecule has 0 atom stereocenters. The summed E-state index contributed by atoms with van der Waals surface area (Å²) in [5.41, 5.74) is 2.77. The molecule has 0 aliphatic heterocycles. The van der Waals surface area contributed by atoms with Crippen molar-refractivity contribution in [3.05, 3.63) is 66.1 Å². The number of hydrogen-bond acceptors (Lipinski definition) is 6. The molecule has 0 aliphatic carbocycles. The molecule has 7 nitrogen and oxygen atoms in total. The lowest BCUT2D eigenvalue weighted by molar-refractivity contribution is 0.102. The van der Waals surface area contributed by atoms with E-state index >= 15 is 0 Å². The Morgan fingerprint density at radius 1 is 0.926 bits per heavy atom. The van der Waals surface area contributed by atoms with Gasteiger partial charge in [0.25, 0.3) is 5.91 Å². The van der Waals surface area contributed by atoms with Crippen molar-refractivity contribution in [2.75, 3.05) is 24.9 Å². The van der Waals surface area contributed by atoms with Crippen LogP contribution in [0, 0.1) is 6.92 Å². The van der Waals surface area contributed by atoms with E-state index in [1.165, 1.54) is 12.4 Å². The van der Waals surface area contributed by atoms with Crippen molar-refractivity contribution in [1.82, 2.24) is 9.97 Å². The Labute approximate surface area is 157 Å². The molecule has 0 spiro atoms. The molecule has 0 bridgehead atoms. The van der Waals surface area contributed by atoms with Crippen LogP contribution in [-0.2, 0) is 0 Å². The predicted molar refractivity (Wildman–Crippen MR) is 104 cm³/mol. The first kappa shape index (κ1) is 18.2. The van der Waals surface area contributed by atoms with E-state index in [1.807, 2.05) is 37.3 Å². The van der Waals surface area contributed by atoms with Gasteiger partial charge in [0.2, 0.25) is 0 Å². The fraction of sp³-hybridized carbons (Fsp3) is 0.150. The zero-order valence-electron chi connectivity index (χ0n) is 15.3. The number of nitrogens with one attached hydrogen (secondary N) is 2. The number of carbonyl (C=O) groups excluding carboxylic acids is 1. The summed E-state index contributed by atoms with van der Waals surface area (Å²) in [6.07, 6.45) is 2.93. The van der Waals surface area contributed by atoms with Crippen molar-refractivity contribution in [2.45, 2.75) is 6.92 Å². The third kappa shape index (κ3) is 4.52. The highest BCUT2D eigenvalue weighted by molar-refractivity contribution is 6.02. The van der Waals surface area contributed by atoms with Gasteiger partial charge in [0.05, 0.1) is 26.6 Å². The summed E-state index contributed by atoms with van der Waals surface area (Å²) >= 11 is 0. The summed E-state index contributed by atoms with van der Waals surface area (Å²) in [7, 11) is 3.15. The van der Waals surface area contributed by atoms with Crippen LogP contribution in [0.25, 0.3) is 0 Å². The Bertz CT molecular complexity index is 942. The molecule has 0 radical (unpaired) electrons. The van der Waals surface area contributed by atoms with Gasteiger partial charge in [0.1, 0.15) is 11.5 Å². The normalized spacial score (nSPS) is 10.2. The van der Waals surface area contributed by atoms with Gasteiger partial charge in [0, 0.05) is 17.4 Å². The van der Waals surface area contributed by atoms with Crippen LogP contribution in [0.5, 0.6) is 11.5 Å². The molecular formula is C20H20N4O3. The Hall–Kier alpha value is -3.61. The third-order valence-corrected chi connectivity index (χ3v) is 3.82. The average molecular weight is 364 g/mol. The van der Waals surface area contributed by atoms with Gasteiger partial charge < -0.3 is 20.1 Å². The number of methoxy groups -OCH3 is 2. The first-order chi connectivity index (χ1) is 13.1. The average Bonchev–Trinajstić information content (AvgIpc) is 2.68. The minimum Gasteiger partial charge on any atom is -0.493 e. The van der Waals surface area contributed by atoms with Crippen molar-refractivity contribution in [1.29, 1.82) is 0 Å². The highest BCUT2D eigenvalue weighted by atomic mass is 16.5. The lowest BCUT2D eigenvalue weighted by Gasteiger charge is -2.11. The van der Waals surface area contributed by atoms with Crippen molar-refractivity contribution in [3.8, 4) is 11.5 Å². The minimum absolute atomic E-state index is 0.231. The van der Waals surface area contributed by atoms with Gasteiger partial charge in [0.15, 0.2) is 11.5 Å². The molecule has 138 valence electrons. The number of aryl methyl sites for hydroxylation is 1. The van der Waals surface area contributed by atoms with E-state index in [-0.39, 0.29) is 11.6 Å². The summed E-state index contributed by atoms with van der Waals surface area (Å²) in [5, 5.41) is 5.92. The lowest BCUT2D eigenvalue weighted by atomic mass is 10.2. The molecule has 7 heteroatoms. The van der Waals surface area contributed by atoms with E-state index in [4.69, 9.17) is 9.47 Å². The molecule has 1 aromatic heterocycles. The summed E-state index contributed by atoms with van der Waals surface area (Å²) in [5.74, 6) is 1.43. The number of benzene rings is 2. The number of rotatable bonds is 6.